The Balaban J connectivity index is 1.65. The number of rotatable bonds is 10. The van der Waals surface area contributed by atoms with Crippen LogP contribution in [0.5, 0.6) is 11.5 Å². The highest BCUT2D eigenvalue weighted by molar-refractivity contribution is 5.81. The zero-order valence-electron chi connectivity index (χ0n) is 20.8. The Kier molecular flexibility index (Phi) is 9.66. The van der Waals surface area contributed by atoms with E-state index >= 15 is 0 Å². The van der Waals surface area contributed by atoms with E-state index in [1.165, 1.54) is 43.3 Å². The lowest BCUT2D eigenvalue weighted by molar-refractivity contribution is -0.277. The van der Waals surface area contributed by atoms with Crippen molar-refractivity contribution in [1.29, 1.82) is 0 Å². The van der Waals surface area contributed by atoms with Crippen molar-refractivity contribution in [3.63, 3.8) is 0 Å². The number of ether oxygens (including phenoxy) is 4. The molecule has 1 aliphatic rings. The first kappa shape index (κ1) is 29.3. The minimum absolute atomic E-state index is 0.00636. The number of carbonyl (C=O) groups is 2. The lowest BCUT2D eigenvalue weighted by Gasteiger charge is -2.39. The van der Waals surface area contributed by atoms with Crippen LogP contribution in [0.4, 0.5) is 0 Å². The van der Waals surface area contributed by atoms with E-state index in [2.05, 4.69) is 0 Å². The molecule has 0 aliphatic carbocycles. The molecule has 1 heterocycles. The minimum atomic E-state index is -2.21. The Morgan fingerprint density at radius 3 is 2.16 bits per heavy atom. The second kappa shape index (κ2) is 12.5. The van der Waals surface area contributed by atoms with Gasteiger partial charge in [-0.25, -0.2) is 4.79 Å². The molecular formula is C26H32O12. The van der Waals surface area contributed by atoms with E-state index in [9.17, 15) is 40.2 Å². The van der Waals surface area contributed by atoms with Crippen molar-refractivity contribution in [2.75, 3.05) is 6.61 Å². The lowest BCUT2D eigenvalue weighted by atomic mass is 9.89. The third-order valence-corrected chi connectivity index (χ3v) is 6.17. The van der Waals surface area contributed by atoms with Crippen LogP contribution in [0.25, 0.3) is 0 Å². The Hall–Kier alpha value is -3.26. The van der Waals surface area contributed by atoms with Gasteiger partial charge in [0, 0.05) is 13.3 Å². The standard InChI is InChI=1S/C26H32O12/c1-14(36-15(2)28)26(34,11-16-3-7-18(29)8-4-16)25(33)35-13-17-5-9-19(10-6-17)37-24-23(32)22(31)21(30)20(12-27)38-24/h3-10,14,20-24,27,29-32,34H,11-13H2,1-2H3/t14-,20+,21-,22-,23-,24-,26+/m1/s1. The van der Waals surface area contributed by atoms with Crippen molar-refractivity contribution in [3.8, 4) is 11.5 Å². The molecule has 1 aliphatic heterocycles. The van der Waals surface area contributed by atoms with E-state index in [1.807, 2.05) is 0 Å². The highest BCUT2D eigenvalue weighted by atomic mass is 16.7. The summed E-state index contributed by atoms with van der Waals surface area (Å²) < 4.78 is 21.2. The maximum Gasteiger partial charge on any atom is 0.342 e. The van der Waals surface area contributed by atoms with Crippen LogP contribution in [-0.4, -0.2) is 91.6 Å². The first-order chi connectivity index (χ1) is 17.9. The van der Waals surface area contributed by atoms with Gasteiger partial charge in [0.05, 0.1) is 6.61 Å². The van der Waals surface area contributed by atoms with Crippen molar-refractivity contribution < 1.29 is 59.2 Å². The third-order valence-electron chi connectivity index (χ3n) is 6.17. The molecule has 0 saturated carbocycles. The van der Waals surface area contributed by atoms with Gasteiger partial charge in [-0.1, -0.05) is 24.3 Å². The summed E-state index contributed by atoms with van der Waals surface area (Å²) in [5.41, 5.74) is -1.21. The van der Waals surface area contributed by atoms with Gasteiger partial charge in [0.25, 0.3) is 0 Å². The van der Waals surface area contributed by atoms with E-state index in [-0.39, 0.29) is 24.5 Å². The minimum Gasteiger partial charge on any atom is -0.508 e. The number of aliphatic hydroxyl groups is 5. The molecule has 1 saturated heterocycles. The summed E-state index contributed by atoms with van der Waals surface area (Å²) in [4.78, 5) is 24.4. The van der Waals surface area contributed by atoms with Crippen LogP contribution in [0, 0.1) is 0 Å². The number of phenols is 1. The SMILES string of the molecule is CC(=O)O[C@H](C)[C@@](O)(Cc1ccc(O)cc1)C(=O)OCc1ccc(O[C@@H]2O[C@@H](CO)[C@@H](O)[C@@H](O)[C@H]2O)cc1. The van der Waals surface area contributed by atoms with Gasteiger partial charge in [-0.2, -0.15) is 0 Å². The molecule has 2 aromatic carbocycles. The van der Waals surface area contributed by atoms with Gasteiger partial charge in [-0.05, 0) is 42.3 Å². The Morgan fingerprint density at radius 2 is 1.58 bits per heavy atom. The van der Waals surface area contributed by atoms with E-state index < -0.39 is 61.0 Å². The summed E-state index contributed by atoms with van der Waals surface area (Å²) in [5, 5.41) is 59.9. The summed E-state index contributed by atoms with van der Waals surface area (Å²) in [7, 11) is 0. The summed E-state index contributed by atoms with van der Waals surface area (Å²) in [6.45, 7) is 1.68. The van der Waals surface area contributed by atoms with Crippen LogP contribution < -0.4 is 4.74 Å². The largest absolute Gasteiger partial charge is 0.508 e. The molecule has 2 aromatic rings. The predicted molar refractivity (Wildman–Crippen MR) is 129 cm³/mol. The van der Waals surface area contributed by atoms with Crippen molar-refractivity contribution >= 4 is 11.9 Å². The van der Waals surface area contributed by atoms with Gasteiger partial charge < -0.3 is 49.6 Å². The highest BCUT2D eigenvalue weighted by Gasteiger charge is 2.46. The molecule has 0 spiro atoms. The number of aliphatic hydroxyl groups excluding tert-OH is 4. The maximum atomic E-state index is 13.0. The molecule has 0 unspecified atom stereocenters. The fourth-order valence-electron chi connectivity index (χ4n) is 3.89. The second-order valence-corrected chi connectivity index (χ2v) is 9.05. The Labute approximate surface area is 218 Å². The molecule has 0 amide bonds. The molecule has 38 heavy (non-hydrogen) atoms. The first-order valence-corrected chi connectivity index (χ1v) is 11.9. The Morgan fingerprint density at radius 1 is 0.974 bits per heavy atom. The molecular weight excluding hydrogens is 504 g/mol. The molecule has 12 nitrogen and oxygen atoms in total. The summed E-state index contributed by atoms with van der Waals surface area (Å²) in [6.07, 6.45) is -8.62. The van der Waals surface area contributed by atoms with E-state index in [4.69, 9.17) is 18.9 Å². The average molecular weight is 537 g/mol. The smallest absolute Gasteiger partial charge is 0.342 e. The molecule has 7 atom stereocenters. The summed E-state index contributed by atoms with van der Waals surface area (Å²) in [5.74, 6) is -1.49. The van der Waals surface area contributed by atoms with Crippen molar-refractivity contribution in [2.24, 2.45) is 0 Å². The number of phenolic OH excluding ortho intramolecular Hbond substituents is 1. The lowest BCUT2D eigenvalue weighted by Crippen LogP contribution is -2.60. The third kappa shape index (κ3) is 6.98. The van der Waals surface area contributed by atoms with Gasteiger partial charge in [0.2, 0.25) is 11.9 Å². The van der Waals surface area contributed by atoms with Gasteiger partial charge in [-0.3, -0.25) is 4.79 Å². The number of carbonyl (C=O) groups excluding carboxylic acids is 2. The first-order valence-electron chi connectivity index (χ1n) is 11.9. The number of esters is 2. The fraction of sp³-hybridized carbons (Fsp3) is 0.462. The van der Waals surface area contributed by atoms with Gasteiger partial charge in [0.15, 0.2) is 0 Å². The van der Waals surface area contributed by atoms with E-state index in [1.54, 1.807) is 12.1 Å². The average Bonchev–Trinajstić information content (AvgIpc) is 2.89. The second-order valence-electron chi connectivity index (χ2n) is 9.05. The predicted octanol–water partition coefficient (Wildman–Crippen LogP) is -0.460. The molecule has 6 N–H and O–H groups in total. The van der Waals surface area contributed by atoms with Crippen LogP contribution in [0.1, 0.15) is 25.0 Å². The van der Waals surface area contributed by atoms with Gasteiger partial charge in [0.1, 0.15) is 48.6 Å². The molecule has 1 fully saturated rings. The van der Waals surface area contributed by atoms with Crippen molar-refractivity contribution in [2.45, 2.75) is 69.3 Å². The molecule has 208 valence electrons. The molecule has 0 radical (unpaired) electrons. The molecule has 0 aromatic heterocycles. The summed E-state index contributed by atoms with van der Waals surface area (Å²) in [6, 6.07) is 11.9. The number of hydrogen-bond acceptors (Lipinski definition) is 12. The molecule has 0 bridgehead atoms. The number of benzene rings is 2. The zero-order valence-corrected chi connectivity index (χ0v) is 20.8. The van der Waals surface area contributed by atoms with Crippen LogP contribution >= 0.6 is 0 Å². The quantitative estimate of drug-likeness (QED) is 0.214. The van der Waals surface area contributed by atoms with E-state index in [0.717, 1.165) is 6.92 Å². The van der Waals surface area contributed by atoms with Gasteiger partial charge in [-0.15, -0.1) is 0 Å². The van der Waals surface area contributed by atoms with Crippen LogP contribution in [0.3, 0.4) is 0 Å². The number of aromatic hydroxyl groups is 1. The highest BCUT2D eigenvalue weighted by Crippen LogP contribution is 2.26. The normalized spacial score (nSPS) is 25.6. The summed E-state index contributed by atoms with van der Waals surface area (Å²) >= 11 is 0. The fourth-order valence-corrected chi connectivity index (χ4v) is 3.89. The van der Waals surface area contributed by atoms with Crippen molar-refractivity contribution in [3.05, 3.63) is 59.7 Å². The van der Waals surface area contributed by atoms with Crippen LogP contribution in [-0.2, 0) is 36.8 Å². The van der Waals surface area contributed by atoms with Gasteiger partial charge >= 0.3 is 11.9 Å². The number of hydrogen-bond donors (Lipinski definition) is 6. The van der Waals surface area contributed by atoms with Crippen LogP contribution in [0.2, 0.25) is 0 Å². The monoisotopic (exact) mass is 536 g/mol. The molecule has 3 rings (SSSR count). The van der Waals surface area contributed by atoms with E-state index in [0.29, 0.717) is 11.1 Å². The Bertz CT molecular complexity index is 1070. The van der Waals surface area contributed by atoms with Crippen molar-refractivity contribution in [1.82, 2.24) is 0 Å². The van der Waals surface area contributed by atoms with Crippen LogP contribution in [0.15, 0.2) is 48.5 Å². The molecule has 12 heteroatoms. The maximum absolute atomic E-state index is 13.0. The zero-order chi connectivity index (χ0) is 28.0. The topological polar surface area (TPSA) is 192 Å².